The molecule has 0 bridgehead atoms. The molecule has 1 aromatic rings. The van der Waals surface area contributed by atoms with E-state index in [0.29, 0.717) is 25.2 Å². The van der Waals surface area contributed by atoms with E-state index in [0.717, 1.165) is 28.2 Å². The molecular weight excluding hydrogens is 308 g/mol. The maximum Gasteiger partial charge on any atom is 0.163 e. The smallest absolute Gasteiger partial charge is 0.163 e. The molecule has 3 N–H and O–H groups in total. The minimum Gasteiger partial charge on any atom is -0.486 e. The van der Waals surface area contributed by atoms with E-state index in [4.69, 9.17) is 15.2 Å². The van der Waals surface area contributed by atoms with Crippen LogP contribution < -0.4 is 20.5 Å². The van der Waals surface area contributed by atoms with Crippen LogP contribution in [0.5, 0.6) is 11.5 Å². The standard InChI is InChI=1S/C14H19BrN2O2/c15-10-6-13-14(19-5-4-18-13)7-12(10)17-11-3-1-2-9(11)8-16/h6-7,9,11,17H,1-5,8,16H2. The number of nitrogens with one attached hydrogen (secondary N) is 1. The van der Waals surface area contributed by atoms with Crippen molar-refractivity contribution in [3.63, 3.8) is 0 Å². The zero-order chi connectivity index (χ0) is 13.2. The predicted molar refractivity (Wildman–Crippen MR) is 78.9 cm³/mol. The fraction of sp³-hybridized carbons (Fsp3) is 0.571. The Morgan fingerprint density at radius 3 is 2.68 bits per heavy atom. The van der Waals surface area contributed by atoms with Crippen LogP contribution in [0.2, 0.25) is 0 Å². The van der Waals surface area contributed by atoms with Crippen molar-refractivity contribution in [1.82, 2.24) is 0 Å². The molecule has 0 spiro atoms. The van der Waals surface area contributed by atoms with Gasteiger partial charge in [-0.15, -0.1) is 0 Å². The molecule has 1 aliphatic heterocycles. The van der Waals surface area contributed by atoms with E-state index in [1.807, 2.05) is 12.1 Å². The van der Waals surface area contributed by atoms with Gasteiger partial charge in [-0.05, 0) is 41.2 Å². The Morgan fingerprint density at radius 1 is 1.21 bits per heavy atom. The molecular formula is C14H19BrN2O2. The van der Waals surface area contributed by atoms with Gasteiger partial charge in [-0.25, -0.2) is 0 Å². The first kappa shape index (κ1) is 13.1. The number of anilines is 1. The predicted octanol–water partition coefficient (Wildman–Crippen LogP) is 2.76. The van der Waals surface area contributed by atoms with E-state index in [9.17, 15) is 0 Å². The minimum absolute atomic E-state index is 0.462. The Bertz CT molecular complexity index is 467. The van der Waals surface area contributed by atoms with E-state index < -0.39 is 0 Å². The minimum atomic E-state index is 0.462. The fourth-order valence-corrected chi connectivity index (χ4v) is 3.32. The summed E-state index contributed by atoms with van der Waals surface area (Å²) in [5.41, 5.74) is 6.89. The second kappa shape index (κ2) is 5.59. The van der Waals surface area contributed by atoms with Gasteiger partial charge in [0.1, 0.15) is 13.2 Å². The quantitative estimate of drug-likeness (QED) is 0.896. The van der Waals surface area contributed by atoms with Crippen molar-refractivity contribution in [2.75, 3.05) is 25.1 Å². The SMILES string of the molecule is NCC1CCCC1Nc1cc2c(cc1Br)OCCO2. The van der Waals surface area contributed by atoms with E-state index in [-0.39, 0.29) is 0 Å². The molecule has 1 aromatic carbocycles. The highest BCUT2D eigenvalue weighted by molar-refractivity contribution is 9.10. The highest BCUT2D eigenvalue weighted by Crippen LogP contribution is 2.39. The fourth-order valence-electron chi connectivity index (χ4n) is 2.88. The third-order valence-corrected chi connectivity index (χ3v) is 4.59. The highest BCUT2D eigenvalue weighted by Gasteiger charge is 2.27. The van der Waals surface area contributed by atoms with Gasteiger partial charge in [0.15, 0.2) is 11.5 Å². The average Bonchev–Trinajstić information content (AvgIpc) is 2.87. The molecule has 0 aromatic heterocycles. The summed E-state index contributed by atoms with van der Waals surface area (Å²) in [6, 6.07) is 4.46. The normalized spacial score (nSPS) is 25.4. The molecule has 4 nitrogen and oxygen atoms in total. The molecule has 0 radical (unpaired) electrons. The van der Waals surface area contributed by atoms with Gasteiger partial charge < -0.3 is 20.5 Å². The molecule has 0 saturated heterocycles. The number of fused-ring (bicyclic) bond motifs is 1. The monoisotopic (exact) mass is 326 g/mol. The van der Waals surface area contributed by atoms with Crippen LogP contribution in [0.4, 0.5) is 5.69 Å². The largest absolute Gasteiger partial charge is 0.486 e. The van der Waals surface area contributed by atoms with Gasteiger partial charge in [-0.2, -0.15) is 0 Å². The Kier molecular flexibility index (Phi) is 3.84. The molecule has 1 fully saturated rings. The van der Waals surface area contributed by atoms with Crippen LogP contribution in [0.3, 0.4) is 0 Å². The third-order valence-electron chi connectivity index (χ3n) is 3.93. The number of rotatable bonds is 3. The zero-order valence-corrected chi connectivity index (χ0v) is 12.4. The molecule has 1 saturated carbocycles. The summed E-state index contributed by atoms with van der Waals surface area (Å²) in [6.07, 6.45) is 3.65. The van der Waals surface area contributed by atoms with E-state index in [2.05, 4.69) is 21.2 Å². The van der Waals surface area contributed by atoms with Gasteiger partial charge in [-0.3, -0.25) is 0 Å². The van der Waals surface area contributed by atoms with Crippen molar-refractivity contribution >= 4 is 21.6 Å². The number of halogens is 1. The summed E-state index contributed by atoms with van der Waals surface area (Å²) in [4.78, 5) is 0. The van der Waals surface area contributed by atoms with Gasteiger partial charge in [-0.1, -0.05) is 6.42 Å². The first-order chi connectivity index (χ1) is 9.28. The summed E-state index contributed by atoms with van der Waals surface area (Å²) in [5, 5.41) is 3.60. The topological polar surface area (TPSA) is 56.5 Å². The summed E-state index contributed by atoms with van der Waals surface area (Å²) < 4.78 is 12.2. The van der Waals surface area contributed by atoms with Crippen molar-refractivity contribution in [2.45, 2.75) is 25.3 Å². The summed E-state index contributed by atoms with van der Waals surface area (Å²) in [5.74, 6) is 2.20. The van der Waals surface area contributed by atoms with Crippen LogP contribution in [0.25, 0.3) is 0 Å². The second-order valence-corrected chi connectivity index (χ2v) is 6.01. The number of nitrogens with two attached hydrogens (primary N) is 1. The molecule has 2 unspecified atom stereocenters. The maximum absolute atomic E-state index is 5.83. The lowest BCUT2D eigenvalue weighted by Gasteiger charge is -2.24. The Balaban J connectivity index is 1.80. The van der Waals surface area contributed by atoms with Crippen LogP contribution >= 0.6 is 15.9 Å². The molecule has 0 amide bonds. The first-order valence-corrected chi connectivity index (χ1v) is 7.63. The Hall–Kier alpha value is -0.940. The van der Waals surface area contributed by atoms with Crippen molar-refractivity contribution in [2.24, 2.45) is 11.7 Å². The lowest BCUT2D eigenvalue weighted by molar-refractivity contribution is 0.171. The van der Waals surface area contributed by atoms with Crippen molar-refractivity contribution in [3.8, 4) is 11.5 Å². The van der Waals surface area contributed by atoms with Gasteiger partial charge in [0.25, 0.3) is 0 Å². The molecule has 1 heterocycles. The highest BCUT2D eigenvalue weighted by atomic mass is 79.9. The van der Waals surface area contributed by atoms with Crippen LogP contribution in [0.15, 0.2) is 16.6 Å². The third kappa shape index (κ3) is 2.67. The first-order valence-electron chi connectivity index (χ1n) is 6.83. The van der Waals surface area contributed by atoms with Gasteiger partial charge in [0.2, 0.25) is 0 Å². The van der Waals surface area contributed by atoms with Crippen LogP contribution in [-0.4, -0.2) is 25.8 Å². The van der Waals surface area contributed by atoms with Gasteiger partial charge in [0.05, 0.1) is 5.69 Å². The zero-order valence-electron chi connectivity index (χ0n) is 10.8. The van der Waals surface area contributed by atoms with Crippen molar-refractivity contribution in [1.29, 1.82) is 0 Å². The molecule has 2 aliphatic rings. The molecule has 5 heteroatoms. The van der Waals surface area contributed by atoms with Gasteiger partial charge >= 0.3 is 0 Å². The summed E-state index contributed by atoms with van der Waals surface area (Å²) >= 11 is 3.60. The van der Waals surface area contributed by atoms with E-state index in [1.165, 1.54) is 19.3 Å². The molecule has 104 valence electrons. The number of hydrogen-bond acceptors (Lipinski definition) is 4. The molecule has 19 heavy (non-hydrogen) atoms. The number of ether oxygens (including phenoxy) is 2. The molecule has 2 atom stereocenters. The van der Waals surface area contributed by atoms with E-state index in [1.54, 1.807) is 0 Å². The Morgan fingerprint density at radius 2 is 1.95 bits per heavy atom. The lowest BCUT2D eigenvalue weighted by atomic mass is 10.0. The van der Waals surface area contributed by atoms with Crippen LogP contribution in [-0.2, 0) is 0 Å². The molecule has 1 aliphatic carbocycles. The summed E-state index contributed by atoms with van der Waals surface area (Å²) in [6.45, 7) is 1.98. The Labute approximate surface area is 121 Å². The second-order valence-electron chi connectivity index (χ2n) is 5.15. The molecule has 3 rings (SSSR count). The lowest BCUT2D eigenvalue weighted by Crippen LogP contribution is -2.29. The number of hydrogen-bond donors (Lipinski definition) is 2. The maximum atomic E-state index is 5.83. The van der Waals surface area contributed by atoms with Crippen LogP contribution in [0, 0.1) is 5.92 Å². The van der Waals surface area contributed by atoms with Crippen molar-refractivity contribution < 1.29 is 9.47 Å². The van der Waals surface area contributed by atoms with E-state index >= 15 is 0 Å². The average molecular weight is 327 g/mol. The summed E-state index contributed by atoms with van der Waals surface area (Å²) in [7, 11) is 0. The van der Waals surface area contributed by atoms with Crippen molar-refractivity contribution in [3.05, 3.63) is 16.6 Å². The van der Waals surface area contributed by atoms with Gasteiger partial charge in [0, 0.05) is 22.6 Å². The van der Waals surface area contributed by atoms with Crippen LogP contribution in [0.1, 0.15) is 19.3 Å². The number of benzene rings is 1.